The van der Waals surface area contributed by atoms with Crippen molar-refractivity contribution in [3.8, 4) is 0 Å². The molecule has 102 valence electrons. The van der Waals surface area contributed by atoms with Crippen LogP contribution >= 0.6 is 11.5 Å². The number of anilines is 1. The van der Waals surface area contributed by atoms with Crippen molar-refractivity contribution in [2.75, 3.05) is 11.9 Å². The number of aromatic nitrogens is 1. The maximum absolute atomic E-state index is 11.9. The molecule has 0 aliphatic heterocycles. The first-order valence-corrected chi connectivity index (χ1v) is 7.18. The summed E-state index contributed by atoms with van der Waals surface area (Å²) in [6, 6.07) is 0.308. The molecule has 2 atom stereocenters. The van der Waals surface area contributed by atoms with Crippen LogP contribution in [0.3, 0.4) is 0 Å². The summed E-state index contributed by atoms with van der Waals surface area (Å²) < 4.78 is 9.30. The van der Waals surface area contributed by atoms with Crippen LogP contribution in [0.25, 0.3) is 0 Å². The standard InChI is InChI=1S/C13H22N2O2S/c1-6-8(3)9(4)14-12-11(10(5)15-18-12)13(16)17-7-2/h8-9,14H,6-7H2,1-5H3. The zero-order valence-corrected chi connectivity index (χ0v) is 12.6. The Morgan fingerprint density at radius 1 is 1.44 bits per heavy atom. The number of carbonyl (C=O) groups is 1. The van der Waals surface area contributed by atoms with Gasteiger partial charge >= 0.3 is 5.97 Å². The van der Waals surface area contributed by atoms with Gasteiger partial charge in [-0.15, -0.1) is 0 Å². The first-order chi connectivity index (χ1) is 8.51. The lowest BCUT2D eigenvalue weighted by Gasteiger charge is -2.20. The summed E-state index contributed by atoms with van der Waals surface area (Å²) in [5.74, 6) is 0.255. The van der Waals surface area contributed by atoms with E-state index < -0.39 is 0 Å². The van der Waals surface area contributed by atoms with E-state index in [2.05, 4.69) is 30.5 Å². The van der Waals surface area contributed by atoms with Crippen LogP contribution in [0.4, 0.5) is 5.00 Å². The van der Waals surface area contributed by atoms with Crippen LogP contribution in [0, 0.1) is 12.8 Å². The summed E-state index contributed by atoms with van der Waals surface area (Å²) in [4.78, 5) is 11.9. The van der Waals surface area contributed by atoms with Crippen molar-refractivity contribution in [2.45, 2.75) is 47.1 Å². The first kappa shape index (κ1) is 15.0. The fourth-order valence-electron chi connectivity index (χ4n) is 1.61. The van der Waals surface area contributed by atoms with Gasteiger partial charge in [-0.25, -0.2) is 4.79 Å². The molecule has 0 saturated carbocycles. The van der Waals surface area contributed by atoms with Crippen molar-refractivity contribution in [1.82, 2.24) is 4.37 Å². The van der Waals surface area contributed by atoms with Gasteiger partial charge in [0.2, 0.25) is 0 Å². The Bertz CT molecular complexity index is 404. The molecule has 0 aromatic carbocycles. The van der Waals surface area contributed by atoms with Gasteiger partial charge in [-0.1, -0.05) is 20.3 Å². The van der Waals surface area contributed by atoms with Crippen molar-refractivity contribution < 1.29 is 9.53 Å². The maximum Gasteiger partial charge on any atom is 0.343 e. The highest BCUT2D eigenvalue weighted by molar-refractivity contribution is 7.10. The number of hydrogen-bond acceptors (Lipinski definition) is 5. The van der Waals surface area contributed by atoms with E-state index in [1.165, 1.54) is 11.5 Å². The second kappa shape index (κ2) is 6.73. The van der Waals surface area contributed by atoms with Crippen LogP contribution in [0.15, 0.2) is 0 Å². The lowest BCUT2D eigenvalue weighted by atomic mass is 10.0. The summed E-state index contributed by atoms with van der Waals surface area (Å²) in [5, 5.41) is 4.19. The van der Waals surface area contributed by atoms with E-state index in [1.54, 1.807) is 0 Å². The van der Waals surface area contributed by atoms with Gasteiger partial charge in [-0.05, 0) is 38.2 Å². The number of esters is 1. The Morgan fingerprint density at radius 2 is 2.11 bits per heavy atom. The van der Waals surface area contributed by atoms with Gasteiger partial charge in [0.1, 0.15) is 10.6 Å². The number of ether oxygens (including phenoxy) is 1. The molecule has 0 fully saturated rings. The van der Waals surface area contributed by atoms with Gasteiger partial charge in [0.25, 0.3) is 0 Å². The van der Waals surface area contributed by atoms with Crippen LogP contribution in [0.2, 0.25) is 0 Å². The average molecular weight is 270 g/mol. The van der Waals surface area contributed by atoms with Gasteiger partial charge in [-0.3, -0.25) is 0 Å². The van der Waals surface area contributed by atoms with Crippen molar-refractivity contribution in [3.63, 3.8) is 0 Å². The predicted octanol–water partition coefficient (Wildman–Crippen LogP) is 3.47. The molecule has 0 amide bonds. The fraction of sp³-hybridized carbons (Fsp3) is 0.692. The van der Waals surface area contributed by atoms with Gasteiger partial charge in [0.15, 0.2) is 0 Å². The lowest BCUT2D eigenvalue weighted by molar-refractivity contribution is 0.0527. The molecule has 18 heavy (non-hydrogen) atoms. The molecule has 0 aliphatic carbocycles. The molecular formula is C13H22N2O2S. The number of rotatable bonds is 6. The molecule has 1 N–H and O–H groups in total. The molecule has 1 rings (SSSR count). The molecule has 0 bridgehead atoms. The zero-order chi connectivity index (χ0) is 13.7. The molecule has 0 radical (unpaired) electrons. The van der Waals surface area contributed by atoms with Gasteiger partial charge in [0, 0.05) is 6.04 Å². The van der Waals surface area contributed by atoms with Crippen molar-refractivity contribution in [2.24, 2.45) is 5.92 Å². The Balaban J connectivity index is 2.87. The third-order valence-corrected chi connectivity index (χ3v) is 4.07. The molecule has 0 aliphatic rings. The van der Waals surface area contributed by atoms with Gasteiger partial charge in [-0.2, -0.15) is 4.37 Å². The molecule has 2 unspecified atom stereocenters. The molecule has 4 nitrogen and oxygen atoms in total. The second-order valence-corrected chi connectivity index (χ2v) is 5.28. The summed E-state index contributed by atoms with van der Waals surface area (Å²) in [7, 11) is 0. The molecule has 0 saturated heterocycles. The minimum atomic E-state index is -0.289. The highest BCUT2D eigenvalue weighted by Gasteiger charge is 2.21. The van der Waals surface area contributed by atoms with E-state index in [-0.39, 0.29) is 5.97 Å². The highest BCUT2D eigenvalue weighted by Crippen LogP contribution is 2.27. The first-order valence-electron chi connectivity index (χ1n) is 6.41. The van der Waals surface area contributed by atoms with Crippen LogP contribution in [0.5, 0.6) is 0 Å². The lowest BCUT2D eigenvalue weighted by Crippen LogP contribution is -2.24. The van der Waals surface area contributed by atoms with Crippen LogP contribution in [-0.4, -0.2) is 23.0 Å². The Labute approximate surface area is 113 Å². The zero-order valence-electron chi connectivity index (χ0n) is 11.7. The van der Waals surface area contributed by atoms with E-state index >= 15 is 0 Å². The SMILES string of the molecule is CCOC(=O)c1c(C)nsc1NC(C)C(C)CC. The number of aryl methyl sites for hydroxylation is 1. The predicted molar refractivity (Wildman–Crippen MR) is 75.3 cm³/mol. The third kappa shape index (κ3) is 3.45. The average Bonchev–Trinajstić information content (AvgIpc) is 2.69. The summed E-state index contributed by atoms with van der Waals surface area (Å²) >= 11 is 1.32. The van der Waals surface area contributed by atoms with Gasteiger partial charge < -0.3 is 10.1 Å². The van der Waals surface area contributed by atoms with E-state index in [1.807, 2.05) is 13.8 Å². The third-order valence-electron chi connectivity index (χ3n) is 3.20. The monoisotopic (exact) mass is 270 g/mol. The number of nitrogens with one attached hydrogen (secondary N) is 1. The van der Waals surface area contributed by atoms with E-state index in [9.17, 15) is 4.79 Å². The molecule has 1 aromatic rings. The van der Waals surface area contributed by atoms with Crippen molar-refractivity contribution in [1.29, 1.82) is 0 Å². The summed E-state index contributed by atoms with van der Waals surface area (Å²) in [6.07, 6.45) is 1.10. The van der Waals surface area contributed by atoms with Crippen molar-refractivity contribution >= 4 is 22.5 Å². The largest absolute Gasteiger partial charge is 0.462 e. The molecular weight excluding hydrogens is 248 g/mol. The molecule has 1 aromatic heterocycles. The van der Waals surface area contributed by atoms with Crippen LogP contribution in [0.1, 0.15) is 50.2 Å². The molecule has 1 heterocycles. The summed E-state index contributed by atoms with van der Waals surface area (Å²) in [5.41, 5.74) is 1.31. The van der Waals surface area contributed by atoms with E-state index in [0.29, 0.717) is 24.1 Å². The van der Waals surface area contributed by atoms with Gasteiger partial charge in [0.05, 0.1) is 12.3 Å². The topological polar surface area (TPSA) is 51.2 Å². The minimum absolute atomic E-state index is 0.289. The number of hydrogen-bond donors (Lipinski definition) is 1. The smallest absolute Gasteiger partial charge is 0.343 e. The fourth-order valence-corrected chi connectivity index (χ4v) is 2.49. The Morgan fingerprint density at radius 3 is 2.67 bits per heavy atom. The normalized spacial score (nSPS) is 14.1. The minimum Gasteiger partial charge on any atom is -0.462 e. The van der Waals surface area contributed by atoms with E-state index in [4.69, 9.17) is 4.74 Å². The molecule has 5 heteroatoms. The Hall–Kier alpha value is -1.10. The summed E-state index contributed by atoms with van der Waals surface area (Å²) in [6.45, 7) is 10.5. The molecule has 0 spiro atoms. The second-order valence-electron chi connectivity index (χ2n) is 4.51. The quantitative estimate of drug-likeness (QED) is 0.804. The van der Waals surface area contributed by atoms with Crippen molar-refractivity contribution in [3.05, 3.63) is 11.3 Å². The highest BCUT2D eigenvalue weighted by atomic mass is 32.1. The van der Waals surface area contributed by atoms with Crippen LogP contribution < -0.4 is 5.32 Å². The van der Waals surface area contributed by atoms with E-state index in [0.717, 1.165) is 17.1 Å². The van der Waals surface area contributed by atoms with Crippen LogP contribution in [-0.2, 0) is 4.74 Å². The maximum atomic E-state index is 11.9. The number of carbonyl (C=O) groups excluding carboxylic acids is 1. The Kier molecular flexibility index (Phi) is 5.59. The number of nitrogens with zero attached hydrogens (tertiary/aromatic N) is 1.